The Morgan fingerprint density at radius 1 is 0.840 bits per heavy atom. The third kappa shape index (κ3) is 4.09. The van der Waals surface area contributed by atoms with Crippen molar-refractivity contribution in [1.29, 1.82) is 0 Å². The van der Waals surface area contributed by atoms with Gasteiger partial charge in [0.25, 0.3) is 0 Å². The quantitative estimate of drug-likeness (QED) is 0.830. The first-order valence-corrected chi connectivity index (χ1v) is 11.0. The summed E-state index contributed by atoms with van der Waals surface area (Å²) in [5, 5.41) is 0. The maximum absolute atomic E-state index is 12.6. The zero-order valence-corrected chi connectivity index (χ0v) is 15.3. The van der Waals surface area contributed by atoms with Crippen LogP contribution < -0.4 is 4.72 Å². The molecule has 8 heteroatoms. The van der Waals surface area contributed by atoms with Crippen LogP contribution in [0.5, 0.6) is 0 Å². The monoisotopic (exact) mass is 380 g/mol. The SMILES string of the molecule is O=S(=O)(NCc1ccccc1)c1cccc(S(=O)(=O)N2CCCC2)c1. The molecule has 1 N–H and O–H groups in total. The van der Waals surface area contributed by atoms with Crippen molar-refractivity contribution in [2.24, 2.45) is 0 Å². The van der Waals surface area contributed by atoms with Crippen LogP contribution in [0.2, 0.25) is 0 Å². The standard InChI is InChI=1S/C17H20N2O4S2/c20-24(21,18-14-15-7-2-1-3-8-15)16-9-6-10-17(13-16)25(22,23)19-11-4-5-12-19/h1-3,6-10,13,18H,4-5,11-12,14H2. The lowest BCUT2D eigenvalue weighted by molar-refractivity contribution is 0.477. The van der Waals surface area contributed by atoms with Gasteiger partial charge in [-0.15, -0.1) is 0 Å². The molecule has 0 saturated carbocycles. The van der Waals surface area contributed by atoms with Gasteiger partial charge in [-0.25, -0.2) is 21.6 Å². The van der Waals surface area contributed by atoms with Crippen molar-refractivity contribution in [3.8, 4) is 0 Å². The molecule has 0 atom stereocenters. The minimum Gasteiger partial charge on any atom is -0.207 e. The highest BCUT2D eigenvalue weighted by Gasteiger charge is 2.28. The lowest BCUT2D eigenvalue weighted by atomic mass is 10.2. The third-order valence-electron chi connectivity index (χ3n) is 4.13. The molecule has 0 amide bonds. The van der Waals surface area contributed by atoms with Crippen LogP contribution >= 0.6 is 0 Å². The minimum absolute atomic E-state index is 0.0111. The van der Waals surface area contributed by atoms with Gasteiger partial charge < -0.3 is 0 Å². The minimum atomic E-state index is -3.80. The van der Waals surface area contributed by atoms with Crippen molar-refractivity contribution in [2.75, 3.05) is 13.1 Å². The summed E-state index contributed by atoms with van der Waals surface area (Å²) in [6.45, 7) is 1.10. The molecule has 0 unspecified atom stereocenters. The van der Waals surface area contributed by atoms with E-state index in [0.717, 1.165) is 18.4 Å². The molecule has 1 heterocycles. The van der Waals surface area contributed by atoms with Crippen LogP contribution in [-0.2, 0) is 26.6 Å². The second-order valence-electron chi connectivity index (χ2n) is 5.90. The molecule has 2 aromatic carbocycles. The van der Waals surface area contributed by atoms with Crippen LogP contribution in [0.4, 0.5) is 0 Å². The van der Waals surface area contributed by atoms with Gasteiger partial charge in [-0.05, 0) is 36.6 Å². The average molecular weight is 380 g/mol. The Bertz CT molecular complexity index is 936. The molecule has 1 aliphatic rings. The highest BCUT2D eigenvalue weighted by molar-refractivity contribution is 7.90. The summed E-state index contributed by atoms with van der Waals surface area (Å²) in [5.74, 6) is 0. The maximum atomic E-state index is 12.6. The molecule has 1 saturated heterocycles. The third-order valence-corrected chi connectivity index (χ3v) is 7.42. The molecule has 0 bridgehead atoms. The first kappa shape index (κ1) is 18.1. The van der Waals surface area contributed by atoms with Gasteiger partial charge >= 0.3 is 0 Å². The van der Waals surface area contributed by atoms with E-state index in [4.69, 9.17) is 0 Å². The Labute approximate surface area is 148 Å². The van der Waals surface area contributed by atoms with Gasteiger partial charge in [0.05, 0.1) is 9.79 Å². The molecular formula is C17H20N2O4S2. The summed E-state index contributed by atoms with van der Waals surface area (Å²) in [6.07, 6.45) is 1.66. The average Bonchev–Trinajstić information content (AvgIpc) is 3.17. The van der Waals surface area contributed by atoms with Gasteiger partial charge in [0, 0.05) is 19.6 Å². The van der Waals surface area contributed by atoms with Crippen LogP contribution in [0.1, 0.15) is 18.4 Å². The summed E-state index contributed by atoms with van der Waals surface area (Å²) < 4.78 is 54.1. The largest absolute Gasteiger partial charge is 0.243 e. The van der Waals surface area contributed by atoms with Crippen LogP contribution in [0.15, 0.2) is 64.4 Å². The Morgan fingerprint density at radius 2 is 1.48 bits per heavy atom. The summed E-state index contributed by atoms with van der Waals surface area (Å²) in [6, 6.07) is 14.7. The molecule has 134 valence electrons. The Kier molecular flexibility index (Phi) is 5.24. The number of nitrogens with one attached hydrogen (secondary N) is 1. The number of hydrogen-bond acceptors (Lipinski definition) is 4. The van der Waals surface area contributed by atoms with E-state index in [1.165, 1.54) is 28.6 Å². The van der Waals surface area contributed by atoms with Gasteiger partial charge in [0.15, 0.2) is 0 Å². The molecule has 0 spiro atoms. The summed E-state index contributed by atoms with van der Waals surface area (Å²) in [4.78, 5) is -0.0410. The molecule has 6 nitrogen and oxygen atoms in total. The normalized spacial score (nSPS) is 16.2. The Balaban J connectivity index is 1.82. The van der Waals surface area contributed by atoms with E-state index in [2.05, 4.69) is 4.72 Å². The van der Waals surface area contributed by atoms with E-state index in [1.807, 2.05) is 30.3 Å². The van der Waals surface area contributed by atoms with Crippen LogP contribution in [0, 0.1) is 0 Å². The van der Waals surface area contributed by atoms with Crippen molar-refractivity contribution in [1.82, 2.24) is 9.03 Å². The molecule has 1 aliphatic heterocycles. The Hall–Kier alpha value is -1.74. The fourth-order valence-corrected chi connectivity index (χ4v) is 5.44. The summed E-state index contributed by atoms with van der Waals surface area (Å²) in [7, 11) is -7.45. The first-order valence-electron chi connectivity index (χ1n) is 8.03. The van der Waals surface area contributed by atoms with Crippen molar-refractivity contribution in [2.45, 2.75) is 29.2 Å². The summed E-state index contributed by atoms with van der Waals surface area (Å²) >= 11 is 0. The van der Waals surface area contributed by atoms with Crippen molar-refractivity contribution >= 4 is 20.0 Å². The molecule has 0 aromatic heterocycles. The molecular weight excluding hydrogens is 360 g/mol. The second-order valence-corrected chi connectivity index (χ2v) is 9.60. The number of sulfonamides is 2. The molecule has 1 fully saturated rings. The molecule has 0 aliphatic carbocycles. The number of hydrogen-bond donors (Lipinski definition) is 1. The number of rotatable bonds is 6. The molecule has 3 rings (SSSR count). The van der Waals surface area contributed by atoms with E-state index in [-0.39, 0.29) is 16.3 Å². The lowest BCUT2D eigenvalue weighted by Gasteiger charge is -2.16. The van der Waals surface area contributed by atoms with E-state index >= 15 is 0 Å². The fraction of sp³-hybridized carbons (Fsp3) is 0.294. The lowest BCUT2D eigenvalue weighted by Crippen LogP contribution is -2.28. The van der Waals surface area contributed by atoms with Crippen molar-refractivity contribution in [3.05, 3.63) is 60.2 Å². The van der Waals surface area contributed by atoms with Crippen molar-refractivity contribution in [3.63, 3.8) is 0 Å². The molecule has 2 aromatic rings. The topological polar surface area (TPSA) is 83.5 Å². The van der Waals surface area contributed by atoms with Gasteiger partial charge in [0.1, 0.15) is 0 Å². The summed E-state index contributed by atoms with van der Waals surface area (Å²) in [5.41, 5.74) is 0.826. The highest BCUT2D eigenvalue weighted by atomic mass is 32.2. The van der Waals surface area contributed by atoms with Crippen LogP contribution in [0.25, 0.3) is 0 Å². The number of nitrogens with zero attached hydrogens (tertiary/aromatic N) is 1. The predicted molar refractivity (Wildman–Crippen MR) is 94.9 cm³/mol. The van der Waals surface area contributed by atoms with Crippen molar-refractivity contribution < 1.29 is 16.8 Å². The molecule has 0 radical (unpaired) electrons. The fourth-order valence-electron chi connectivity index (χ4n) is 2.74. The second kappa shape index (κ2) is 7.25. The van der Waals surface area contributed by atoms with Gasteiger partial charge in [0.2, 0.25) is 20.0 Å². The van der Waals surface area contributed by atoms with Crippen LogP contribution in [-0.4, -0.2) is 34.2 Å². The number of benzene rings is 2. The zero-order chi connectivity index (χ0) is 17.9. The van der Waals surface area contributed by atoms with Crippen LogP contribution in [0.3, 0.4) is 0 Å². The van der Waals surface area contributed by atoms with E-state index < -0.39 is 20.0 Å². The van der Waals surface area contributed by atoms with E-state index in [9.17, 15) is 16.8 Å². The van der Waals surface area contributed by atoms with Gasteiger partial charge in [-0.2, -0.15) is 4.31 Å². The van der Waals surface area contributed by atoms with Gasteiger partial charge in [-0.1, -0.05) is 36.4 Å². The predicted octanol–water partition coefficient (Wildman–Crippen LogP) is 1.95. The van der Waals surface area contributed by atoms with Gasteiger partial charge in [-0.3, -0.25) is 0 Å². The zero-order valence-electron chi connectivity index (χ0n) is 13.6. The highest BCUT2D eigenvalue weighted by Crippen LogP contribution is 2.23. The Morgan fingerprint density at radius 3 is 2.16 bits per heavy atom. The smallest absolute Gasteiger partial charge is 0.207 e. The van der Waals surface area contributed by atoms with E-state index in [1.54, 1.807) is 0 Å². The first-order chi connectivity index (χ1) is 11.9. The maximum Gasteiger partial charge on any atom is 0.243 e. The molecule has 25 heavy (non-hydrogen) atoms. The van der Waals surface area contributed by atoms with E-state index in [0.29, 0.717) is 13.1 Å².